The Morgan fingerprint density at radius 3 is 2.15 bits per heavy atom. The molecule has 1 N–H and O–H groups in total. The number of rotatable bonds is 15. The number of carbonyl (C=O) groups is 1. The third-order valence-electron chi connectivity index (χ3n) is 7.99. The summed E-state index contributed by atoms with van der Waals surface area (Å²) in [4.78, 5) is 31.3. The molecule has 4 aromatic rings. The molecule has 2 heterocycles. The number of nitrogens with zero attached hydrogens (tertiary/aromatic N) is 2. The van der Waals surface area contributed by atoms with Crippen molar-refractivity contribution in [2.75, 3.05) is 18.0 Å². The normalized spacial score (nSPS) is 13.1. The van der Waals surface area contributed by atoms with Gasteiger partial charge in [-0.3, -0.25) is 0 Å². The summed E-state index contributed by atoms with van der Waals surface area (Å²) >= 11 is 0. The van der Waals surface area contributed by atoms with E-state index in [1.54, 1.807) is 12.1 Å². The topological polar surface area (TPSA) is 96.8 Å². The van der Waals surface area contributed by atoms with Crippen LogP contribution in [0.3, 0.4) is 0 Å². The average molecular weight is 547 g/mol. The van der Waals surface area contributed by atoms with E-state index < -0.39 is 11.6 Å². The molecule has 214 valence electrons. The van der Waals surface area contributed by atoms with Crippen LogP contribution in [-0.2, 0) is 0 Å². The van der Waals surface area contributed by atoms with E-state index in [2.05, 4.69) is 43.6 Å². The van der Waals surface area contributed by atoms with Crippen LogP contribution < -0.4 is 10.5 Å². The van der Waals surface area contributed by atoms with Gasteiger partial charge in [-0.15, -0.1) is 0 Å². The smallest absolute Gasteiger partial charge is 0.349 e. The fourth-order valence-corrected chi connectivity index (χ4v) is 5.36. The van der Waals surface area contributed by atoms with E-state index >= 15 is 0 Å². The highest BCUT2D eigenvalue weighted by Gasteiger charge is 2.20. The summed E-state index contributed by atoms with van der Waals surface area (Å²) in [5.74, 6) is 0.299. The lowest BCUT2D eigenvalue weighted by atomic mass is 9.95. The van der Waals surface area contributed by atoms with Crippen molar-refractivity contribution >= 4 is 33.7 Å². The van der Waals surface area contributed by atoms with Crippen molar-refractivity contribution in [2.45, 2.75) is 79.1 Å². The molecule has 7 heteroatoms. The standard InChI is InChI=1S/C33H42N2O5/c1-5-9-11-22(7-3)20-35(21-23(8-4)12-10-6-2)26-15-13-24-17-27(33(38)40-29(24)19-26)31-34-28-16-14-25(32(36)37)18-30(28)39-31/h13-19,22-23H,5-12,20-21H2,1-4H3,(H,36,37). The number of anilines is 1. The number of hydrogen-bond donors (Lipinski definition) is 1. The second-order valence-corrected chi connectivity index (χ2v) is 10.9. The Morgan fingerprint density at radius 2 is 1.55 bits per heavy atom. The van der Waals surface area contributed by atoms with Crippen LogP contribution in [0.4, 0.5) is 5.69 Å². The number of hydrogen-bond acceptors (Lipinski definition) is 6. The van der Waals surface area contributed by atoms with Gasteiger partial charge in [-0.05, 0) is 61.1 Å². The Balaban J connectivity index is 1.67. The van der Waals surface area contributed by atoms with Crippen LogP contribution in [0.2, 0.25) is 0 Å². The molecule has 2 aromatic heterocycles. The summed E-state index contributed by atoms with van der Waals surface area (Å²) in [5.41, 5.74) is 2.17. The molecule has 0 bridgehead atoms. The van der Waals surface area contributed by atoms with Crippen molar-refractivity contribution in [1.82, 2.24) is 4.98 Å². The molecule has 0 spiro atoms. The highest BCUT2D eigenvalue weighted by atomic mass is 16.4. The van der Waals surface area contributed by atoms with E-state index in [1.807, 2.05) is 12.1 Å². The molecule has 2 atom stereocenters. The van der Waals surface area contributed by atoms with Crippen molar-refractivity contribution in [3.63, 3.8) is 0 Å². The van der Waals surface area contributed by atoms with Gasteiger partial charge in [-0.2, -0.15) is 0 Å². The predicted molar refractivity (Wildman–Crippen MR) is 161 cm³/mol. The molecule has 0 saturated heterocycles. The second kappa shape index (κ2) is 13.6. The van der Waals surface area contributed by atoms with Gasteiger partial charge in [0, 0.05) is 30.2 Å². The fourth-order valence-electron chi connectivity index (χ4n) is 5.36. The molecule has 0 aliphatic rings. The molecule has 40 heavy (non-hydrogen) atoms. The van der Waals surface area contributed by atoms with Crippen molar-refractivity contribution in [3.8, 4) is 11.5 Å². The lowest BCUT2D eigenvalue weighted by Crippen LogP contribution is -2.34. The molecule has 0 amide bonds. The second-order valence-electron chi connectivity index (χ2n) is 10.9. The van der Waals surface area contributed by atoms with Crippen molar-refractivity contribution < 1.29 is 18.7 Å². The van der Waals surface area contributed by atoms with Crippen molar-refractivity contribution in [3.05, 3.63) is 58.4 Å². The number of unbranched alkanes of at least 4 members (excludes halogenated alkanes) is 2. The van der Waals surface area contributed by atoms with Crippen LogP contribution in [0.1, 0.15) is 89.4 Å². The molecule has 2 aromatic carbocycles. The van der Waals surface area contributed by atoms with Gasteiger partial charge < -0.3 is 18.8 Å². The number of oxazole rings is 1. The van der Waals surface area contributed by atoms with E-state index in [4.69, 9.17) is 8.83 Å². The molecule has 4 rings (SSSR count). The molecular weight excluding hydrogens is 504 g/mol. The van der Waals surface area contributed by atoms with Crippen molar-refractivity contribution in [2.24, 2.45) is 11.8 Å². The van der Waals surface area contributed by atoms with E-state index in [9.17, 15) is 14.7 Å². The largest absolute Gasteiger partial charge is 0.478 e. The van der Waals surface area contributed by atoms with E-state index in [1.165, 1.54) is 50.7 Å². The summed E-state index contributed by atoms with van der Waals surface area (Å²) in [6, 6.07) is 12.3. The zero-order chi connectivity index (χ0) is 28.6. The van der Waals surface area contributed by atoms with Crippen LogP contribution in [0.15, 0.2) is 56.1 Å². The number of carboxylic acid groups (broad SMARTS) is 1. The summed E-state index contributed by atoms with van der Waals surface area (Å²) in [6.07, 6.45) is 9.62. The molecule has 0 saturated carbocycles. The number of aromatic nitrogens is 1. The Bertz CT molecular complexity index is 1470. The monoisotopic (exact) mass is 546 g/mol. The highest BCUT2D eigenvalue weighted by Crippen LogP contribution is 2.30. The molecular formula is C33H42N2O5. The van der Waals surface area contributed by atoms with Gasteiger partial charge in [0.25, 0.3) is 0 Å². The zero-order valence-corrected chi connectivity index (χ0v) is 24.2. The van der Waals surface area contributed by atoms with E-state index in [0.29, 0.717) is 28.5 Å². The molecule has 0 aliphatic carbocycles. The van der Waals surface area contributed by atoms with Crippen LogP contribution >= 0.6 is 0 Å². The summed E-state index contributed by atoms with van der Waals surface area (Å²) in [7, 11) is 0. The minimum Gasteiger partial charge on any atom is -0.478 e. The van der Waals surface area contributed by atoms with Crippen LogP contribution in [-0.4, -0.2) is 29.1 Å². The van der Waals surface area contributed by atoms with Gasteiger partial charge in [0.1, 0.15) is 16.7 Å². The first-order valence-electron chi connectivity index (χ1n) is 14.8. The Hall–Kier alpha value is -3.61. The van der Waals surface area contributed by atoms with Gasteiger partial charge in [-0.25, -0.2) is 14.6 Å². The van der Waals surface area contributed by atoms with E-state index in [-0.39, 0.29) is 17.0 Å². The maximum Gasteiger partial charge on any atom is 0.349 e. The van der Waals surface area contributed by atoms with Gasteiger partial charge in [0.2, 0.25) is 5.89 Å². The Labute approximate surface area is 236 Å². The molecule has 0 radical (unpaired) electrons. The molecule has 0 fully saturated rings. The fraction of sp³-hybridized carbons (Fsp3) is 0.485. The maximum absolute atomic E-state index is 13.1. The van der Waals surface area contributed by atoms with Gasteiger partial charge in [0.05, 0.1) is 5.56 Å². The van der Waals surface area contributed by atoms with E-state index in [0.717, 1.165) is 37.0 Å². The summed E-state index contributed by atoms with van der Waals surface area (Å²) in [5, 5.41) is 10.0. The molecule has 0 aliphatic heterocycles. The van der Waals surface area contributed by atoms with Crippen LogP contribution in [0.5, 0.6) is 0 Å². The third-order valence-corrected chi connectivity index (χ3v) is 7.99. The number of carboxylic acids is 1. The number of fused-ring (bicyclic) bond motifs is 2. The third kappa shape index (κ3) is 6.93. The minimum absolute atomic E-state index is 0.0952. The minimum atomic E-state index is -1.05. The first kappa shape index (κ1) is 29.4. The quantitative estimate of drug-likeness (QED) is 0.149. The predicted octanol–water partition coefficient (Wildman–Crippen LogP) is 8.54. The first-order chi connectivity index (χ1) is 19.4. The highest BCUT2D eigenvalue weighted by molar-refractivity contribution is 5.92. The molecule has 2 unspecified atom stereocenters. The van der Waals surface area contributed by atoms with Crippen molar-refractivity contribution in [1.29, 1.82) is 0 Å². The van der Waals surface area contributed by atoms with Crippen LogP contribution in [0, 0.1) is 11.8 Å². The number of aromatic carboxylic acids is 1. The van der Waals surface area contributed by atoms with Gasteiger partial charge in [0.15, 0.2) is 5.58 Å². The maximum atomic E-state index is 13.1. The Morgan fingerprint density at radius 1 is 0.875 bits per heavy atom. The van der Waals surface area contributed by atoms with Gasteiger partial charge in [-0.1, -0.05) is 66.2 Å². The lowest BCUT2D eigenvalue weighted by molar-refractivity contribution is 0.0697. The van der Waals surface area contributed by atoms with Gasteiger partial charge >= 0.3 is 11.6 Å². The molecule has 7 nitrogen and oxygen atoms in total. The average Bonchev–Trinajstić information content (AvgIpc) is 3.39. The summed E-state index contributed by atoms with van der Waals surface area (Å²) in [6.45, 7) is 11.0. The SMILES string of the molecule is CCCCC(CC)CN(CC(CC)CCCC)c1ccc2cc(-c3nc4ccc(C(=O)O)cc4o3)c(=O)oc2c1. The first-order valence-corrected chi connectivity index (χ1v) is 14.8. The van der Waals surface area contributed by atoms with Crippen LogP contribution in [0.25, 0.3) is 33.5 Å². The Kier molecular flexibility index (Phi) is 10.0. The number of benzene rings is 2. The lowest BCUT2D eigenvalue weighted by Gasteiger charge is -2.32. The zero-order valence-electron chi connectivity index (χ0n) is 24.2. The summed E-state index contributed by atoms with van der Waals surface area (Å²) < 4.78 is 11.6.